The number of fused-ring (bicyclic) bond motifs is 1. The molecule has 0 atom stereocenters. The summed E-state index contributed by atoms with van der Waals surface area (Å²) in [4.78, 5) is 23.8. The summed E-state index contributed by atoms with van der Waals surface area (Å²) in [7, 11) is 0. The third kappa shape index (κ3) is 2.36. The van der Waals surface area contributed by atoms with Gasteiger partial charge >= 0.3 is 6.09 Å². The molecule has 3 aromatic heterocycles. The Morgan fingerprint density at radius 1 is 1.16 bits per heavy atom. The van der Waals surface area contributed by atoms with Gasteiger partial charge in [0.1, 0.15) is 10.3 Å². The van der Waals surface area contributed by atoms with E-state index in [9.17, 15) is 4.79 Å². The van der Waals surface area contributed by atoms with Crippen molar-refractivity contribution in [2.24, 2.45) is 0 Å². The van der Waals surface area contributed by atoms with E-state index < -0.39 is 6.09 Å². The third-order valence-corrected chi connectivity index (χ3v) is 3.33. The third-order valence-electron chi connectivity index (χ3n) is 2.45. The number of carbonyl (C=O) groups is 1. The second-order valence-corrected chi connectivity index (χ2v) is 4.68. The van der Waals surface area contributed by atoms with Gasteiger partial charge in [0.05, 0.1) is 5.69 Å². The van der Waals surface area contributed by atoms with Crippen LogP contribution in [0.5, 0.6) is 0 Å². The first-order chi connectivity index (χ1) is 9.22. The van der Waals surface area contributed by atoms with Gasteiger partial charge in [0.15, 0.2) is 5.13 Å². The zero-order valence-corrected chi connectivity index (χ0v) is 10.4. The number of carboxylic acid groups (broad SMARTS) is 1. The minimum Gasteiger partial charge on any atom is -0.465 e. The highest BCUT2D eigenvalue weighted by molar-refractivity contribution is 7.21. The van der Waals surface area contributed by atoms with Gasteiger partial charge in [-0.15, -0.1) is 0 Å². The Kier molecular flexibility index (Phi) is 2.81. The van der Waals surface area contributed by atoms with Crippen molar-refractivity contribution in [3.8, 4) is 11.3 Å². The zero-order valence-electron chi connectivity index (χ0n) is 9.57. The number of amides is 1. The fourth-order valence-electron chi connectivity index (χ4n) is 1.65. The summed E-state index contributed by atoms with van der Waals surface area (Å²) >= 11 is 1.20. The quantitative estimate of drug-likeness (QED) is 0.749. The molecule has 0 radical (unpaired) electrons. The molecule has 0 saturated carbocycles. The summed E-state index contributed by atoms with van der Waals surface area (Å²) in [6, 6.07) is 7.40. The lowest BCUT2D eigenvalue weighted by Gasteiger charge is -1.98. The maximum Gasteiger partial charge on any atom is 0.410 e. The van der Waals surface area contributed by atoms with Gasteiger partial charge in [-0.1, -0.05) is 11.3 Å². The summed E-state index contributed by atoms with van der Waals surface area (Å²) in [5, 5.41) is 11.2. The molecule has 0 saturated heterocycles. The fraction of sp³-hybridized carbons (Fsp3) is 0. The minimum absolute atomic E-state index is 0.321. The summed E-state index contributed by atoms with van der Waals surface area (Å²) in [6.07, 6.45) is 2.27. The van der Waals surface area contributed by atoms with E-state index in [0.717, 1.165) is 11.3 Å². The Morgan fingerprint density at radius 3 is 2.68 bits per heavy atom. The molecule has 7 heteroatoms. The number of rotatable bonds is 2. The fourth-order valence-corrected chi connectivity index (χ4v) is 2.47. The van der Waals surface area contributed by atoms with E-state index in [0.29, 0.717) is 15.5 Å². The van der Waals surface area contributed by atoms with Crippen LogP contribution >= 0.6 is 11.3 Å². The molecule has 1 amide bonds. The molecule has 6 nitrogen and oxygen atoms in total. The molecule has 0 aliphatic heterocycles. The average Bonchev–Trinajstić information content (AvgIpc) is 2.79. The van der Waals surface area contributed by atoms with Crippen LogP contribution in [0.3, 0.4) is 0 Å². The summed E-state index contributed by atoms with van der Waals surface area (Å²) in [5.41, 5.74) is 2.44. The highest BCUT2D eigenvalue weighted by Gasteiger charge is 2.08. The molecule has 3 aromatic rings. The van der Waals surface area contributed by atoms with Crippen LogP contribution in [0, 0.1) is 0 Å². The predicted octanol–water partition coefficient (Wildman–Crippen LogP) is 2.84. The smallest absolute Gasteiger partial charge is 0.410 e. The maximum absolute atomic E-state index is 10.6. The molecule has 19 heavy (non-hydrogen) atoms. The van der Waals surface area contributed by atoms with Crippen LogP contribution in [0.25, 0.3) is 21.6 Å². The largest absolute Gasteiger partial charge is 0.465 e. The number of nitrogens with one attached hydrogen (secondary N) is 1. The van der Waals surface area contributed by atoms with Crippen molar-refractivity contribution in [1.29, 1.82) is 0 Å². The van der Waals surface area contributed by atoms with E-state index in [1.807, 2.05) is 24.3 Å². The van der Waals surface area contributed by atoms with Crippen molar-refractivity contribution in [3.63, 3.8) is 0 Å². The zero-order chi connectivity index (χ0) is 13.2. The Balaban J connectivity index is 2.03. The van der Waals surface area contributed by atoms with Gasteiger partial charge in [-0.3, -0.25) is 10.3 Å². The molecule has 94 valence electrons. The maximum atomic E-state index is 10.6. The lowest BCUT2D eigenvalue weighted by molar-refractivity contribution is 0.210. The molecule has 2 N–H and O–H groups in total. The van der Waals surface area contributed by atoms with E-state index in [4.69, 9.17) is 5.11 Å². The number of aromatic nitrogens is 3. The lowest BCUT2D eigenvalue weighted by atomic mass is 10.2. The van der Waals surface area contributed by atoms with Crippen molar-refractivity contribution in [2.45, 2.75) is 0 Å². The number of nitrogens with zero attached hydrogens (tertiary/aromatic N) is 3. The van der Waals surface area contributed by atoms with Crippen molar-refractivity contribution in [1.82, 2.24) is 15.0 Å². The molecule has 0 aliphatic carbocycles. The number of anilines is 1. The molecule has 0 aromatic carbocycles. The number of hydrogen-bond donors (Lipinski definition) is 2. The summed E-state index contributed by atoms with van der Waals surface area (Å²) in [5.74, 6) is 0. The van der Waals surface area contributed by atoms with Crippen molar-refractivity contribution < 1.29 is 9.90 Å². The molecule has 0 spiro atoms. The van der Waals surface area contributed by atoms with Crippen LogP contribution < -0.4 is 5.32 Å². The number of hydrogen-bond acceptors (Lipinski definition) is 5. The second-order valence-electron chi connectivity index (χ2n) is 3.71. The molecular weight excluding hydrogens is 264 g/mol. The van der Waals surface area contributed by atoms with Crippen molar-refractivity contribution in [3.05, 3.63) is 36.7 Å². The van der Waals surface area contributed by atoms with E-state index in [2.05, 4.69) is 20.3 Å². The average molecular weight is 272 g/mol. The Morgan fingerprint density at radius 2 is 1.95 bits per heavy atom. The lowest BCUT2D eigenvalue weighted by Crippen LogP contribution is -2.06. The molecule has 3 rings (SSSR count). The Labute approximate surface area is 111 Å². The Bertz CT molecular complexity index is 742. The van der Waals surface area contributed by atoms with Crippen LogP contribution in [0.15, 0.2) is 36.7 Å². The number of pyridine rings is 2. The van der Waals surface area contributed by atoms with Crippen LogP contribution in [0.2, 0.25) is 0 Å². The monoisotopic (exact) mass is 272 g/mol. The van der Waals surface area contributed by atoms with Gasteiger partial charge < -0.3 is 5.11 Å². The van der Waals surface area contributed by atoms with E-state index in [1.165, 1.54) is 11.3 Å². The predicted molar refractivity (Wildman–Crippen MR) is 72.3 cm³/mol. The Hall–Kier alpha value is -2.54. The van der Waals surface area contributed by atoms with Crippen LogP contribution in [0.1, 0.15) is 0 Å². The summed E-state index contributed by atoms with van der Waals surface area (Å²) in [6.45, 7) is 0. The van der Waals surface area contributed by atoms with Gasteiger partial charge in [-0.25, -0.2) is 14.8 Å². The standard InChI is InChI=1S/C12H8N4O2S/c17-12(18)16-11-15-9-2-1-8(14-10(9)19-11)7-3-5-13-6-4-7/h1-6H,(H,15,16)(H,17,18). The highest BCUT2D eigenvalue weighted by atomic mass is 32.1. The van der Waals surface area contributed by atoms with Gasteiger partial charge in [-0.05, 0) is 24.3 Å². The minimum atomic E-state index is -1.13. The molecule has 0 fully saturated rings. The SMILES string of the molecule is O=C(O)Nc1nc2ccc(-c3ccncc3)nc2s1. The molecule has 0 bridgehead atoms. The molecule has 3 heterocycles. The first-order valence-electron chi connectivity index (χ1n) is 5.40. The summed E-state index contributed by atoms with van der Waals surface area (Å²) < 4.78 is 0. The second kappa shape index (κ2) is 4.62. The van der Waals surface area contributed by atoms with Crippen molar-refractivity contribution >= 4 is 32.9 Å². The molecule has 0 aliphatic rings. The molecular formula is C12H8N4O2S. The van der Waals surface area contributed by atoms with Crippen LogP contribution in [0.4, 0.5) is 9.93 Å². The van der Waals surface area contributed by atoms with E-state index in [-0.39, 0.29) is 0 Å². The molecule has 0 unspecified atom stereocenters. The van der Waals surface area contributed by atoms with Gasteiger partial charge in [0.2, 0.25) is 0 Å². The number of thiazole rings is 1. The first kappa shape index (κ1) is 11.5. The normalized spacial score (nSPS) is 10.5. The van der Waals surface area contributed by atoms with Gasteiger partial charge in [0, 0.05) is 18.0 Å². The van der Waals surface area contributed by atoms with Gasteiger partial charge in [-0.2, -0.15) is 0 Å². The van der Waals surface area contributed by atoms with Crippen molar-refractivity contribution in [2.75, 3.05) is 5.32 Å². The first-order valence-corrected chi connectivity index (χ1v) is 6.22. The van der Waals surface area contributed by atoms with Crippen LogP contribution in [-0.4, -0.2) is 26.2 Å². The van der Waals surface area contributed by atoms with Crippen LogP contribution in [-0.2, 0) is 0 Å². The van der Waals surface area contributed by atoms with E-state index >= 15 is 0 Å². The highest BCUT2D eigenvalue weighted by Crippen LogP contribution is 2.27. The van der Waals surface area contributed by atoms with Gasteiger partial charge in [0.25, 0.3) is 0 Å². The van der Waals surface area contributed by atoms with E-state index in [1.54, 1.807) is 12.4 Å². The topological polar surface area (TPSA) is 88.0 Å².